The number of aromatic nitrogens is 2. The van der Waals surface area contributed by atoms with E-state index in [4.69, 9.17) is 39.5 Å². The lowest BCUT2D eigenvalue weighted by Gasteiger charge is -2.40. The molecule has 36 heavy (non-hydrogen) atoms. The number of nitrogens with zero attached hydrogens (tertiary/aromatic N) is 4. The van der Waals surface area contributed by atoms with Gasteiger partial charge < -0.3 is 15.0 Å². The maximum atomic E-state index is 6.68. The molecular formula is C26H24Cl3N5OS. The fourth-order valence-electron chi connectivity index (χ4n) is 4.33. The molecule has 1 unspecified atom stereocenters. The van der Waals surface area contributed by atoms with Crippen molar-refractivity contribution in [3.63, 3.8) is 0 Å². The first-order valence-corrected chi connectivity index (χ1v) is 13.4. The minimum absolute atomic E-state index is 0.111. The molecule has 0 amide bonds. The smallest absolute Gasteiger partial charge is 0.210 e. The van der Waals surface area contributed by atoms with E-state index in [1.165, 1.54) is 11.3 Å². The van der Waals surface area contributed by atoms with Gasteiger partial charge in [0, 0.05) is 36.9 Å². The van der Waals surface area contributed by atoms with E-state index in [-0.39, 0.29) is 6.04 Å². The molecule has 186 valence electrons. The maximum Gasteiger partial charge on any atom is 0.210 e. The zero-order valence-electron chi connectivity index (χ0n) is 19.5. The van der Waals surface area contributed by atoms with Crippen molar-refractivity contribution in [1.82, 2.24) is 15.1 Å². The van der Waals surface area contributed by atoms with Crippen LogP contribution in [-0.4, -0.2) is 48.4 Å². The van der Waals surface area contributed by atoms with Gasteiger partial charge in [0.15, 0.2) is 0 Å². The topological polar surface area (TPSA) is 53.5 Å². The summed E-state index contributed by atoms with van der Waals surface area (Å²) in [4.78, 5) is 4.67. The van der Waals surface area contributed by atoms with Crippen LogP contribution in [0.2, 0.25) is 15.1 Å². The Morgan fingerprint density at radius 3 is 2.31 bits per heavy atom. The van der Waals surface area contributed by atoms with Crippen LogP contribution in [0.3, 0.4) is 0 Å². The third-order valence-corrected chi connectivity index (χ3v) is 8.21. The Bertz CT molecular complexity index is 1330. The largest absolute Gasteiger partial charge is 0.497 e. The Balaban J connectivity index is 1.38. The van der Waals surface area contributed by atoms with Gasteiger partial charge in [0.05, 0.1) is 28.9 Å². The third kappa shape index (κ3) is 5.41. The molecule has 0 aliphatic carbocycles. The van der Waals surface area contributed by atoms with Crippen molar-refractivity contribution < 1.29 is 4.74 Å². The van der Waals surface area contributed by atoms with Crippen LogP contribution in [0, 0.1) is 0 Å². The number of hydrogen-bond acceptors (Lipinski definition) is 7. The summed E-state index contributed by atoms with van der Waals surface area (Å²) < 4.78 is 5.24. The highest BCUT2D eigenvalue weighted by molar-refractivity contribution is 7.15. The van der Waals surface area contributed by atoms with Crippen LogP contribution in [-0.2, 0) is 0 Å². The molecule has 5 rings (SSSR count). The molecule has 1 aliphatic heterocycles. The predicted octanol–water partition coefficient (Wildman–Crippen LogP) is 7.16. The number of ether oxygens (including phenoxy) is 1. The summed E-state index contributed by atoms with van der Waals surface area (Å²) in [6.45, 7) is 3.21. The Kier molecular flexibility index (Phi) is 7.84. The first kappa shape index (κ1) is 25.1. The number of halogens is 3. The fraction of sp³-hybridized carbons (Fsp3) is 0.231. The van der Waals surface area contributed by atoms with Crippen LogP contribution >= 0.6 is 46.1 Å². The molecule has 10 heteroatoms. The number of nitrogens with one attached hydrogen (secondary N) is 1. The second-order valence-electron chi connectivity index (χ2n) is 8.32. The van der Waals surface area contributed by atoms with E-state index in [0.717, 1.165) is 59.0 Å². The first-order chi connectivity index (χ1) is 17.5. The highest BCUT2D eigenvalue weighted by Crippen LogP contribution is 2.38. The molecule has 1 saturated heterocycles. The molecule has 1 aliphatic rings. The van der Waals surface area contributed by atoms with Gasteiger partial charge in [-0.2, -0.15) is 0 Å². The normalized spacial score (nSPS) is 15.1. The molecule has 1 fully saturated rings. The van der Waals surface area contributed by atoms with Crippen molar-refractivity contribution in [2.75, 3.05) is 43.5 Å². The maximum absolute atomic E-state index is 6.68. The monoisotopic (exact) mass is 559 g/mol. The average molecular weight is 561 g/mol. The van der Waals surface area contributed by atoms with E-state index in [9.17, 15) is 0 Å². The summed E-state index contributed by atoms with van der Waals surface area (Å²) in [7, 11) is 1.65. The van der Waals surface area contributed by atoms with Crippen molar-refractivity contribution in [3.05, 3.63) is 92.4 Å². The van der Waals surface area contributed by atoms with Gasteiger partial charge in [0.25, 0.3) is 0 Å². The van der Waals surface area contributed by atoms with Gasteiger partial charge in [-0.25, -0.2) is 0 Å². The summed E-state index contributed by atoms with van der Waals surface area (Å²) >= 11 is 20.9. The average Bonchev–Trinajstić information content (AvgIpc) is 3.36. The second kappa shape index (κ2) is 11.2. The highest BCUT2D eigenvalue weighted by atomic mass is 35.5. The SMILES string of the molecule is COc1ccc(Nc2nnc(C(c3ccccc3Cl)N3CCN(c4cccc(Cl)c4Cl)CC3)s2)cc1. The van der Waals surface area contributed by atoms with Crippen LogP contribution < -0.4 is 15.0 Å². The van der Waals surface area contributed by atoms with Crippen LogP contribution in [0.15, 0.2) is 66.7 Å². The molecule has 6 nitrogen and oxygen atoms in total. The summed E-state index contributed by atoms with van der Waals surface area (Å²) in [5, 5.41) is 15.8. The van der Waals surface area contributed by atoms with E-state index < -0.39 is 0 Å². The number of anilines is 3. The van der Waals surface area contributed by atoms with E-state index >= 15 is 0 Å². The number of hydrogen-bond donors (Lipinski definition) is 1. The van der Waals surface area contributed by atoms with E-state index in [0.29, 0.717) is 15.1 Å². The van der Waals surface area contributed by atoms with Crippen molar-refractivity contribution >= 4 is 62.6 Å². The molecule has 1 N–H and O–H groups in total. The van der Waals surface area contributed by atoms with Gasteiger partial charge in [-0.3, -0.25) is 4.90 Å². The third-order valence-electron chi connectivity index (χ3n) is 6.17. The van der Waals surface area contributed by atoms with Crippen LogP contribution in [0.4, 0.5) is 16.5 Å². The Hall–Kier alpha value is -2.55. The zero-order chi connectivity index (χ0) is 25.1. The Morgan fingerprint density at radius 1 is 0.861 bits per heavy atom. The van der Waals surface area contributed by atoms with Crippen LogP contribution in [0.25, 0.3) is 0 Å². The predicted molar refractivity (Wildman–Crippen MR) is 150 cm³/mol. The molecule has 3 aromatic carbocycles. The van der Waals surface area contributed by atoms with Gasteiger partial charge in [0.2, 0.25) is 5.13 Å². The lowest BCUT2D eigenvalue weighted by molar-refractivity contribution is 0.211. The van der Waals surface area contributed by atoms with Gasteiger partial charge in [-0.1, -0.05) is 70.4 Å². The molecular weight excluding hydrogens is 537 g/mol. The van der Waals surface area contributed by atoms with Gasteiger partial charge in [-0.15, -0.1) is 10.2 Å². The molecule has 4 aromatic rings. The molecule has 1 atom stereocenters. The molecule has 0 radical (unpaired) electrons. The second-order valence-corrected chi connectivity index (χ2v) is 10.5. The number of rotatable bonds is 7. The van der Waals surface area contributed by atoms with Crippen LogP contribution in [0.1, 0.15) is 16.6 Å². The minimum atomic E-state index is -0.111. The quantitative estimate of drug-likeness (QED) is 0.259. The standard InChI is InChI=1S/C26H24Cl3N5OS/c1-35-18-11-9-17(10-12-18)30-26-32-31-25(36-26)24(19-5-2-3-6-20(19)27)34-15-13-33(14-16-34)22-8-4-7-21(28)23(22)29/h2-12,24H,13-16H2,1H3,(H,30,32). The van der Waals surface area contributed by atoms with Crippen molar-refractivity contribution in [2.45, 2.75) is 6.04 Å². The molecule has 2 heterocycles. The highest BCUT2D eigenvalue weighted by Gasteiger charge is 2.31. The van der Waals surface area contributed by atoms with E-state index in [2.05, 4.69) is 31.4 Å². The van der Waals surface area contributed by atoms with Crippen LogP contribution in [0.5, 0.6) is 5.75 Å². The lowest BCUT2D eigenvalue weighted by atomic mass is 10.0. The number of benzene rings is 3. The Labute approximate surface area is 229 Å². The van der Waals surface area contributed by atoms with Gasteiger partial charge in [0.1, 0.15) is 10.8 Å². The van der Waals surface area contributed by atoms with Crippen molar-refractivity contribution in [1.29, 1.82) is 0 Å². The summed E-state index contributed by atoms with van der Waals surface area (Å²) in [6.07, 6.45) is 0. The summed E-state index contributed by atoms with van der Waals surface area (Å²) in [5.74, 6) is 0.801. The molecule has 0 bridgehead atoms. The van der Waals surface area contributed by atoms with Gasteiger partial charge in [-0.05, 0) is 48.0 Å². The lowest BCUT2D eigenvalue weighted by Crippen LogP contribution is -2.48. The number of piperazine rings is 1. The van der Waals surface area contributed by atoms with Crippen molar-refractivity contribution in [2.24, 2.45) is 0 Å². The summed E-state index contributed by atoms with van der Waals surface area (Å²) in [6, 6.07) is 21.3. The first-order valence-electron chi connectivity index (χ1n) is 11.5. The zero-order valence-corrected chi connectivity index (χ0v) is 22.6. The van der Waals surface area contributed by atoms with E-state index in [1.807, 2.05) is 60.7 Å². The molecule has 0 spiro atoms. The molecule has 0 saturated carbocycles. The fourth-order valence-corrected chi connectivity index (χ4v) is 5.91. The van der Waals surface area contributed by atoms with E-state index in [1.54, 1.807) is 7.11 Å². The minimum Gasteiger partial charge on any atom is -0.497 e. The van der Waals surface area contributed by atoms with Gasteiger partial charge >= 0.3 is 0 Å². The Morgan fingerprint density at radius 2 is 1.58 bits per heavy atom. The summed E-state index contributed by atoms with van der Waals surface area (Å²) in [5.41, 5.74) is 2.89. The van der Waals surface area contributed by atoms with Crippen molar-refractivity contribution in [3.8, 4) is 5.75 Å². The number of methoxy groups -OCH3 is 1. The molecule has 1 aromatic heterocycles.